The molecule has 1 heterocycles. The van der Waals surface area contributed by atoms with Gasteiger partial charge in [0.1, 0.15) is 18.3 Å². The van der Waals surface area contributed by atoms with Crippen LogP contribution in [0.15, 0.2) is 0 Å². The van der Waals surface area contributed by atoms with Crippen LogP contribution in [0, 0.1) is 0 Å². The van der Waals surface area contributed by atoms with Crippen molar-refractivity contribution < 1.29 is 29.6 Å². The normalized spacial score (nSPS) is 40.2. The summed E-state index contributed by atoms with van der Waals surface area (Å²) < 4.78 is 9.47. The van der Waals surface area contributed by atoms with Crippen molar-refractivity contribution in [2.45, 2.75) is 24.4 Å². The van der Waals surface area contributed by atoms with Crippen LogP contribution < -0.4 is 0 Å². The minimum Gasteiger partial charge on any atom is -0.479 e. The molecule has 3 N–H and O–H groups in total. The van der Waals surface area contributed by atoms with Crippen LogP contribution in [0.2, 0.25) is 0 Å². The van der Waals surface area contributed by atoms with Crippen molar-refractivity contribution in [3.8, 4) is 0 Å². The van der Waals surface area contributed by atoms with Crippen molar-refractivity contribution in [3.05, 3.63) is 0 Å². The first-order valence-electron chi connectivity index (χ1n) is 3.81. The number of rotatable bonds is 2. The number of hydrogen-bond donors (Lipinski definition) is 3. The minimum atomic E-state index is -1.34. The first kappa shape index (κ1) is 10.4. The summed E-state index contributed by atoms with van der Waals surface area (Å²) in [5.74, 6) is -1.26. The number of methoxy groups -OCH3 is 1. The molecule has 76 valence electrons. The van der Waals surface area contributed by atoms with E-state index in [1.54, 1.807) is 0 Å². The molecule has 6 heteroatoms. The maximum Gasteiger partial charge on any atom is 0.335 e. The number of aliphatic carboxylic acids is 1. The first-order valence-corrected chi connectivity index (χ1v) is 3.81. The Bertz CT molecular complexity index is 193. The number of ether oxygens (including phenoxy) is 2. The Morgan fingerprint density at radius 1 is 1.54 bits per heavy atom. The number of carboxylic acids is 1. The van der Waals surface area contributed by atoms with Crippen LogP contribution in [0.4, 0.5) is 0 Å². The van der Waals surface area contributed by atoms with E-state index < -0.39 is 30.4 Å². The van der Waals surface area contributed by atoms with Gasteiger partial charge in [-0.1, -0.05) is 0 Å². The van der Waals surface area contributed by atoms with Crippen LogP contribution in [-0.2, 0) is 14.3 Å². The molecule has 0 aliphatic carbocycles. The van der Waals surface area contributed by atoms with Crippen molar-refractivity contribution >= 4 is 5.97 Å². The molecule has 0 radical (unpaired) electrons. The van der Waals surface area contributed by atoms with Crippen LogP contribution in [0.25, 0.3) is 0 Å². The minimum absolute atomic E-state index is 0.146. The fraction of sp³-hybridized carbons (Fsp3) is 0.857. The summed E-state index contributed by atoms with van der Waals surface area (Å²) in [6, 6.07) is 0. The maximum absolute atomic E-state index is 10.5. The fourth-order valence-corrected chi connectivity index (χ4v) is 1.31. The number of aliphatic hydroxyl groups excluding tert-OH is 2. The SMILES string of the molecule is CO[C@@H]1C(O)COC(C(=O)O)[C@@H]1O. The highest BCUT2D eigenvalue weighted by atomic mass is 16.6. The Hall–Kier alpha value is -0.690. The third-order valence-electron chi connectivity index (χ3n) is 1.99. The van der Waals surface area contributed by atoms with Crippen molar-refractivity contribution in [1.29, 1.82) is 0 Å². The molecule has 1 aliphatic heterocycles. The maximum atomic E-state index is 10.5. The molecule has 1 fully saturated rings. The molecule has 0 spiro atoms. The molecular formula is C7H12O6. The quantitative estimate of drug-likeness (QED) is 0.478. The highest BCUT2D eigenvalue weighted by Gasteiger charge is 2.42. The summed E-state index contributed by atoms with van der Waals surface area (Å²) >= 11 is 0. The summed E-state index contributed by atoms with van der Waals surface area (Å²) in [6.07, 6.45) is -4.56. The first-order chi connectivity index (χ1) is 6.07. The smallest absolute Gasteiger partial charge is 0.335 e. The summed E-state index contributed by atoms with van der Waals surface area (Å²) in [6.45, 7) is -0.146. The number of aliphatic hydroxyl groups is 2. The molecule has 1 aliphatic rings. The third-order valence-corrected chi connectivity index (χ3v) is 1.99. The van der Waals surface area contributed by atoms with Gasteiger partial charge in [0.2, 0.25) is 0 Å². The molecule has 0 bridgehead atoms. The topological polar surface area (TPSA) is 96.2 Å². The van der Waals surface area contributed by atoms with Gasteiger partial charge in [0.05, 0.1) is 6.61 Å². The Kier molecular flexibility index (Phi) is 3.21. The monoisotopic (exact) mass is 192 g/mol. The van der Waals surface area contributed by atoms with Gasteiger partial charge in [0, 0.05) is 7.11 Å². The Morgan fingerprint density at radius 2 is 2.15 bits per heavy atom. The number of carboxylic acid groups (broad SMARTS) is 1. The van der Waals surface area contributed by atoms with Crippen LogP contribution in [0.5, 0.6) is 0 Å². The Morgan fingerprint density at radius 3 is 2.62 bits per heavy atom. The van der Waals surface area contributed by atoms with Gasteiger partial charge in [-0.05, 0) is 0 Å². The average Bonchev–Trinajstić information content (AvgIpc) is 2.04. The van der Waals surface area contributed by atoms with E-state index in [-0.39, 0.29) is 6.61 Å². The fourth-order valence-electron chi connectivity index (χ4n) is 1.31. The van der Waals surface area contributed by atoms with Crippen LogP contribution >= 0.6 is 0 Å². The van der Waals surface area contributed by atoms with Gasteiger partial charge in [-0.3, -0.25) is 0 Å². The van der Waals surface area contributed by atoms with E-state index in [4.69, 9.17) is 14.6 Å². The lowest BCUT2D eigenvalue weighted by molar-refractivity contribution is -0.207. The van der Waals surface area contributed by atoms with E-state index in [2.05, 4.69) is 0 Å². The molecular weight excluding hydrogens is 180 g/mol. The van der Waals surface area contributed by atoms with Crippen LogP contribution in [0.3, 0.4) is 0 Å². The lowest BCUT2D eigenvalue weighted by Crippen LogP contribution is -2.56. The van der Waals surface area contributed by atoms with Crippen molar-refractivity contribution in [3.63, 3.8) is 0 Å². The van der Waals surface area contributed by atoms with Gasteiger partial charge < -0.3 is 24.8 Å². The van der Waals surface area contributed by atoms with Crippen molar-refractivity contribution in [1.82, 2.24) is 0 Å². The molecule has 6 nitrogen and oxygen atoms in total. The number of carbonyl (C=O) groups is 1. The van der Waals surface area contributed by atoms with Gasteiger partial charge in [-0.2, -0.15) is 0 Å². The van der Waals surface area contributed by atoms with Crippen molar-refractivity contribution in [2.75, 3.05) is 13.7 Å². The van der Waals surface area contributed by atoms with E-state index in [1.165, 1.54) is 7.11 Å². The highest BCUT2D eigenvalue weighted by molar-refractivity contribution is 5.73. The molecule has 0 saturated carbocycles. The third kappa shape index (κ3) is 1.97. The van der Waals surface area contributed by atoms with Gasteiger partial charge in [0.25, 0.3) is 0 Å². The second-order valence-corrected chi connectivity index (χ2v) is 2.85. The zero-order valence-corrected chi connectivity index (χ0v) is 7.08. The molecule has 4 atom stereocenters. The van der Waals surface area contributed by atoms with Gasteiger partial charge in [-0.25, -0.2) is 4.79 Å². The molecule has 2 unspecified atom stereocenters. The molecule has 0 aromatic heterocycles. The number of hydrogen-bond acceptors (Lipinski definition) is 5. The van der Waals surface area contributed by atoms with Crippen molar-refractivity contribution in [2.24, 2.45) is 0 Å². The second kappa shape index (κ2) is 4.01. The summed E-state index contributed by atoms with van der Waals surface area (Å²) in [5.41, 5.74) is 0. The summed E-state index contributed by atoms with van der Waals surface area (Å²) in [4.78, 5) is 10.5. The standard InChI is InChI=1S/C7H12O6/c1-12-5-3(8)2-13-6(4(5)9)7(10)11/h3-6,8-9H,2H2,1H3,(H,10,11)/t3?,4-,5-,6?/m1/s1. The van der Waals surface area contributed by atoms with E-state index in [0.717, 1.165) is 0 Å². The molecule has 1 rings (SSSR count). The van der Waals surface area contributed by atoms with E-state index >= 15 is 0 Å². The van der Waals surface area contributed by atoms with E-state index in [1.807, 2.05) is 0 Å². The molecule has 0 aromatic rings. The summed E-state index contributed by atoms with van der Waals surface area (Å²) in [7, 11) is 1.29. The van der Waals surface area contributed by atoms with Gasteiger partial charge >= 0.3 is 5.97 Å². The highest BCUT2D eigenvalue weighted by Crippen LogP contribution is 2.17. The second-order valence-electron chi connectivity index (χ2n) is 2.85. The van der Waals surface area contributed by atoms with Crippen LogP contribution in [-0.4, -0.2) is 59.4 Å². The predicted octanol–water partition coefficient (Wildman–Crippen LogP) is -1.79. The van der Waals surface area contributed by atoms with Gasteiger partial charge in [0.15, 0.2) is 6.10 Å². The lowest BCUT2D eigenvalue weighted by Gasteiger charge is -2.34. The summed E-state index contributed by atoms with van der Waals surface area (Å²) in [5, 5.41) is 27.2. The van der Waals surface area contributed by atoms with Crippen LogP contribution in [0.1, 0.15) is 0 Å². The van der Waals surface area contributed by atoms with Gasteiger partial charge in [-0.15, -0.1) is 0 Å². The zero-order valence-electron chi connectivity index (χ0n) is 7.08. The molecule has 0 aromatic carbocycles. The molecule has 1 saturated heterocycles. The Balaban J connectivity index is 2.69. The largest absolute Gasteiger partial charge is 0.479 e. The molecule has 13 heavy (non-hydrogen) atoms. The lowest BCUT2D eigenvalue weighted by atomic mass is 10.00. The molecule has 0 amide bonds. The van der Waals surface area contributed by atoms with E-state index in [9.17, 15) is 15.0 Å². The Labute approximate surface area is 74.7 Å². The predicted molar refractivity (Wildman–Crippen MR) is 40.2 cm³/mol. The zero-order chi connectivity index (χ0) is 10.0. The van der Waals surface area contributed by atoms with E-state index in [0.29, 0.717) is 0 Å². The average molecular weight is 192 g/mol.